The first-order valence-electron chi connectivity index (χ1n) is 8.50. The van der Waals surface area contributed by atoms with Crippen molar-refractivity contribution in [1.29, 1.82) is 0 Å². The molecule has 0 saturated carbocycles. The number of nitro groups is 1. The molecule has 28 heavy (non-hydrogen) atoms. The van der Waals surface area contributed by atoms with Gasteiger partial charge in [-0.2, -0.15) is 0 Å². The van der Waals surface area contributed by atoms with Gasteiger partial charge in [-0.1, -0.05) is 0 Å². The Morgan fingerprint density at radius 3 is 2.39 bits per heavy atom. The first-order valence-corrected chi connectivity index (χ1v) is 10.4. The predicted octanol–water partition coefficient (Wildman–Crippen LogP) is 3.32. The summed E-state index contributed by atoms with van der Waals surface area (Å²) in [5, 5.41) is 11.3. The summed E-state index contributed by atoms with van der Waals surface area (Å²) in [5.41, 5.74) is 0.0377. The molecule has 0 aliphatic carbocycles. The molecule has 0 unspecified atom stereocenters. The molecule has 0 bridgehead atoms. The number of nitro benzene ring substituents is 1. The number of sulfone groups is 1. The van der Waals surface area contributed by atoms with Crippen LogP contribution in [0.1, 0.15) is 12.8 Å². The number of nitrogens with zero attached hydrogens (tertiary/aromatic N) is 2. The lowest BCUT2D eigenvalue weighted by Crippen LogP contribution is -2.38. The molecule has 1 fully saturated rings. The molecular weight excluding hydrogens is 394 g/mol. The number of ether oxygens (including phenoxy) is 1. The van der Waals surface area contributed by atoms with Crippen molar-refractivity contribution in [2.45, 2.75) is 23.8 Å². The van der Waals surface area contributed by atoms with Crippen molar-refractivity contribution in [3.05, 3.63) is 58.1 Å². The molecule has 7 nitrogen and oxygen atoms in total. The Balaban J connectivity index is 1.76. The van der Waals surface area contributed by atoms with Gasteiger partial charge in [0.1, 0.15) is 17.6 Å². The van der Waals surface area contributed by atoms with Gasteiger partial charge in [0.05, 0.1) is 9.82 Å². The Morgan fingerprint density at radius 1 is 1.14 bits per heavy atom. The van der Waals surface area contributed by atoms with Gasteiger partial charge >= 0.3 is 0 Å². The maximum absolute atomic E-state index is 13.7. The molecule has 0 atom stereocenters. The van der Waals surface area contributed by atoms with Crippen molar-refractivity contribution < 1.29 is 26.9 Å². The molecule has 1 heterocycles. The molecule has 1 aliphatic heterocycles. The van der Waals surface area contributed by atoms with Gasteiger partial charge in [0.2, 0.25) is 0 Å². The molecule has 10 heteroatoms. The zero-order valence-electron chi connectivity index (χ0n) is 15.0. The second-order valence-electron chi connectivity index (χ2n) is 6.56. The van der Waals surface area contributed by atoms with Gasteiger partial charge in [0.15, 0.2) is 21.4 Å². The van der Waals surface area contributed by atoms with E-state index in [2.05, 4.69) is 0 Å². The smallest absolute Gasteiger partial charge is 0.292 e. The molecule has 0 N–H and O–H groups in total. The molecule has 1 saturated heterocycles. The summed E-state index contributed by atoms with van der Waals surface area (Å²) < 4.78 is 55.9. The summed E-state index contributed by atoms with van der Waals surface area (Å²) >= 11 is 0. The van der Waals surface area contributed by atoms with Crippen molar-refractivity contribution in [1.82, 2.24) is 0 Å². The minimum atomic E-state index is -3.51. The zero-order chi connectivity index (χ0) is 20.5. The number of rotatable bonds is 5. The third-order valence-electron chi connectivity index (χ3n) is 4.54. The highest BCUT2D eigenvalue weighted by atomic mass is 32.2. The summed E-state index contributed by atoms with van der Waals surface area (Å²) in [5.74, 6) is -1.54. The normalized spacial score (nSPS) is 15.5. The van der Waals surface area contributed by atoms with Crippen LogP contribution in [0.4, 0.5) is 20.2 Å². The van der Waals surface area contributed by atoms with Crippen LogP contribution in [0.3, 0.4) is 0 Å². The number of anilines is 1. The van der Waals surface area contributed by atoms with E-state index in [-0.39, 0.29) is 28.1 Å². The molecule has 0 spiro atoms. The number of halogens is 2. The van der Waals surface area contributed by atoms with Crippen molar-refractivity contribution in [2.75, 3.05) is 24.2 Å². The van der Waals surface area contributed by atoms with Crippen molar-refractivity contribution >= 4 is 21.2 Å². The van der Waals surface area contributed by atoms with Crippen LogP contribution in [0.5, 0.6) is 5.75 Å². The second-order valence-corrected chi connectivity index (χ2v) is 8.57. The van der Waals surface area contributed by atoms with E-state index in [0.29, 0.717) is 25.9 Å². The van der Waals surface area contributed by atoms with Gasteiger partial charge in [-0.25, -0.2) is 17.2 Å². The van der Waals surface area contributed by atoms with E-state index < -0.39 is 26.4 Å². The van der Waals surface area contributed by atoms with Crippen LogP contribution in [0, 0.1) is 21.7 Å². The van der Waals surface area contributed by atoms with E-state index in [9.17, 15) is 27.3 Å². The zero-order valence-corrected chi connectivity index (χ0v) is 15.8. The fraction of sp³-hybridized carbons (Fsp3) is 0.333. The molecule has 1 aliphatic rings. The molecule has 3 rings (SSSR count). The molecule has 150 valence electrons. The van der Waals surface area contributed by atoms with Crippen LogP contribution in [-0.4, -0.2) is 38.8 Å². The van der Waals surface area contributed by atoms with Crippen molar-refractivity contribution in [3.63, 3.8) is 0 Å². The van der Waals surface area contributed by atoms with Crippen LogP contribution in [-0.2, 0) is 9.84 Å². The average molecular weight is 412 g/mol. The van der Waals surface area contributed by atoms with E-state index in [0.717, 1.165) is 18.4 Å². The minimum Gasteiger partial charge on any atom is -0.487 e. The summed E-state index contributed by atoms with van der Waals surface area (Å²) in [6, 6.07) is 6.76. The Labute approximate surface area is 160 Å². The Morgan fingerprint density at radius 2 is 1.82 bits per heavy atom. The van der Waals surface area contributed by atoms with Crippen LogP contribution < -0.4 is 9.64 Å². The number of piperidine rings is 1. The maximum atomic E-state index is 13.7. The van der Waals surface area contributed by atoms with Gasteiger partial charge in [0.25, 0.3) is 5.69 Å². The number of benzene rings is 2. The number of hydrogen-bond donors (Lipinski definition) is 0. The molecule has 0 radical (unpaired) electrons. The van der Waals surface area contributed by atoms with Gasteiger partial charge in [-0.3, -0.25) is 10.1 Å². The van der Waals surface area contributed by atoms with Gasteiger partial charge in [0, 0.05) is 44.3 Å². The average Bonchev–Trinajstić information content (AvgIpc) is 2.63. The lowest BCUT2D eigenvalue weighted by molar-refractivity contribution is -0.384. The third-order valence-corrected chi connectivity index (χ3v) is 5.65. The standard InChI is InChI=1S/C18H18F2N2O5S/c1-28(25,26)14-3-4-16(22(23)24)17(11-14)21-8-6-13(7-9-21)27-18-5-2-12(19)10-15(18)20/h2-5,10-11,13H,6-9H2,1H3. The van der Waals surface area contributed by atoms with E-state index in [1.807, 2.05) is 0 Å². The molecule has 2 aromatic rings. The summed E-state index contributed by atoms with van der Waals surface area (Å²) in [6.45, 7) is 0.725. The minimum absolute atomic E-state index is 0.000133. The van der Waals surface area contributed by atoms with Crippen LogP contribution in [0.25, 0.3) is 0 Å². The van der Waals surface area contributed by atoms with Gasteiger partial charge < -0.3 is 9.64 Å². The first-order chi connectivity index (χ1) is 13.1. The Kier molecular flexibility index (Phi) is 5.50. The van der Waals surface area contributed by atoms with Crippen LogP contribution >= 0.6 is 0 Å². The van der Waals surface area contributed by atoms with E-state index >= 15 is 0 Å². The van der Waals surface area contributed by atoms with E-state index in [1.165, 1.54) is 24.3 Å². The molecule has 2 aromatic carbocycles. The Hall–Kier alpha value is -2.75. The maximum Gasteiger partial charge on any atom is 0.292 e. The molecule has 0 aromatic heterocycles. The van der Waals surface area contributed by atoms with Gasteiger partial charge in [-0.15, -0.1) is 0 Å². The highest BCUT2D eigenvalue weighted by molar-refractivity contribution is 7.90. The summed E-state index contributed by atoms with van der Waals surface area (Å²) in [7, 11) is -3.51. The van der Waals surface area contributed by atoms with Gasteiger partial charge in [-0.05, 0) is 24.3 Å². The lowest BCUT2D eigenvalue weighted by Gasteiger charge is -2.33. The first kappa shape index (κ1) is 20.0. The quantitative estimate of drug-likeness (QED) is 0.553. The fourth-order valence-corrected chi connectivity index (χ4v) is 3.75. The van der Waals surface area contributed by atoms with Crippen LogP contribution in [0.2, 0.25) is 0 Å². The SMILES string of the molecule is CS(=O)(=O)c1ccc([N+](=O)[O-])c(N2CCC(Oc3ccc(F)cc3F)CC2)c1. The summed E-state index contributed by atoms with van der Waals surface area (Å²) in [4.78, 5) is 12.5. The predicted molar refractivity (Wildman–Crippen MR) is 98.4 cm³/mol. The lowest BCUT2D eigenvalue weighted by atomic mass is 10.1. The highest BCUT2D eigenvalue weighted by Gasteiger charge is 2.27. The Bertz CT molecular complexity index is 1010. The fourth-order valence-electron chi connectivity index (χ4n) is 3.11. The topological polar surface area (TPSA) is 89.8 Å². The molecular formula is C18H18F2N2O5S. The summed E-state index contributed by atoms with van der Waals surface area (Å²) in [6.07, 6.45) is 1.58. The molecule has 0 amide bonds. The largest absolute Gasteiger partial charge is 0.487 e. The van der Waals surface area contributed by atoms with Crippen LogP contribution in [0.15, 0.2) is 41.3 Å². The highest BCUT2D eigenvalue weighted by Crippen LogP contribution is 2.33. The van der Waals surface area contributed by atoms with Crippen molar-refractivity contribution in [2.24, 2.45) is 0 Å². The van der Waals surface area contributed by atoms with Crippen molar-refractivity contribution in [3.8, 4) is 5.75 Å². The van der Waals surface area contributed by atoms with E-state index in [1.54, 1.807) is 4.90 Å². The second kappa shape index (κ2) is 7.70. The third kappa shape index (κ3) is 4.38. The monoisotopic (exact) mass is 412 g/mol. The van der Waals surface area contributed by atoms with E-state index in [4.69, 9.17) is 4.74 Å². The number of hydrogen-bond acceptors (Lipinski definition) is 6.